The van der Waals surface area contributed by atoms with Gasteiger partial charge in [-0.3, -0.25) is 0 Å². The summed E-state index contributed by atoms with van der Waals surface area (Å²) in [5.41, 5.74) is 2.16. The molecule has 2 rings (SSSR count). The first-order valence-electron chi connectivity index (χ1n) is 7.64. The molecule has 0 amide bonds. The highest BCUT2D eigenvalue weighted by Crippen LogP contribution is 2.30. The Kier molecular flexibility index (Phi) is 5.07. The monoisotopic (exact) mass is 310 g/mol. The molecule has 1 unspecified atom stereocenters. The number of hydrogen-bond donors (Lipinski definition) is 1. The highest BCUT2D eigenvalue weighted by atomic mass is 32.2. The summed E-state index contributed by atoms with van der Waals surface area (Å²) in [6.07, 6.45) is 1.92. The van der Waals surface area contributed by atoms with Gasteiger partial charge in [-0.25, -0.2) is 8.42 Å². The lowest BCUT2D eigenvalue weighted by atomic mass is 10.0. The summed E-state index contributed by atoms with van der Waals surface area (Å²) in [4.78, 5) is 0.422. The van der Waals surface area contributed by atoms with Crippen LogP contribution in [0.4, 0.5) is 0 Å². The fraction of sp³-hybridized carbons (Fsp3) is 0.625. The molecule has 1 N–H and O–H groups in total. The number of nitrogens with zero attached hydrogens (tertiary/aromatic N) is 1. The van der Waals surface area contributed by atoms with E-state index in [-0.39, 0.29) is 6.04 Å². The lowest BCUT2D eigenvalue weighted by molar-refractivity contribution is 0.315. The molecule has 0 saturated carbocycles. The van der Waals surface area contributed by atoms with Crippen LogP contribution in [-0.2, 0) is 16.6 Å². The lowest BCUT2D eigenvalue weighted by Gasteiger charge is -2.27. The minimum absolute atomic E-state index is 0.129. The number of nitrogens with one attached hydrogen (secondary N) is 1. The first-order chi connectivity index (χ1) is 9.87. The van der Waals surface area contributed by atoms with E-state index in [0.29, 0.717) is 23.9 Å². The van der Waals surface area contributed by atoms with E-state index in [0.717, 1.165) is 24.0 Å². The molecule has 1 aliphatic heterocycles. The summed E-state index contributed by atoms with van der Waals surface area (Å²) >= 11 is 0. The van der Waals surface area contributed by atoms with Gasteiger partial charge < -0.3 is 5.32 Å². The molecule has 0 aromatic heterocycles. The highest BCUT2D eigenvalue weighted by molar-refractivity contribution is 7.89. The molecule has 1 aromatic carbocycles. The van der Waals surface area contributed by atoms with E-state index in [9.17, 15) is 8.42 Å². The fourth-order valence-corrected chi connectivity index (χ4v) is 4.93. The Bertz CT molecular complexity index is 596. The van der Waals surface area contributed by atoms with Crippen LogP contribution in [0.2, 0.25) is 0 Å². The van der Waals surface area contributed by atoms with Crippen LogP contribution in [0.25, 0.3) is 0 Å². The van der Waals surface area contributed by atoms with Crippen molar-refractivity contribution in [2.24, 2.45) is 5.92 Å². The standard InChI is InChI=1S/C16H26N2O2S/c1-12(2)16-6-5-9-18(16)21(19,20)15-8-7-13(3)14(10-15)11-17-4/h7-8,10,12,16-17H,5-6,9,11H2,1-4H3. The Morgan fingerprint density at radius 1 is 1.38 bits per heavy atom. The molecule has 1 aliphatic rings. The zero-order chi connectivity index (χ0) is 15.6. The van der Waals surface area contributed by atoms with Crippen molar-refractivity contribution in [2.75, 3.05) is 13.6 Å². The summed E-state index contributed by atoms with van der Waals surface area (Å²) in [5.74, 6) is 0.351. The molecule has 1 saturated heterocycles. The highest BCUT2D eigenvalue weighted by Gasteiger charge is 2.36. The third-order valence-electron chi connectivity index (χ3n) is 4.31. The summed E-state index contributed by atoms with van der Waals surface area (Å²) in [6.45, 7) is 7.53. The van der Waals surface area contributed by atoms with Gasteiger partial charge in [0.15, 0.2) is 0 Å². The van der Waals surface area contributed by atoms with Crippen molar-refractivity contribution in [3.05, 3.63) is 29.3 Å². The summed E-state index contributed by atoms with van der Waals surface area (Å²) < 4.78 is 27.5. The molecular formula is C16H26N2O2S. The van der Waals surface area contributed by atoms with E-state index >= 15 is 0 Å². The van der Waals surface area contributed by atoms with Crippen molar-refractivity contribution >= 4 is 10.0 Å². The van der Waals surface area contributed by atoms with Gasteiger partial charge in [0.05, 0.1) is 4.90 Å². The third kappa shape index (κ3) is 3.30. The Hall–Kier alpha value is -0.910. The summed E-state index contributed by atoms with van der Waals surface area (Å²) in [6, 6.07) is 5.58. The minimum Gasteiger partial charge on any atom is -0.316 e. The second-order valence-corrected chi connectivity index (χ2v) is 8.08. The molecule has 0 bridgehead atoms. The van der Waals surface area contributed by atoms with Crippen LogP contribution in [0.5, 0.6) is 0 Å². The van der Waals surface area contributed by atoms with E-state index in [1.54, 1.807) is 10.4 Å². The van der Waals surface area contributed by atoms with E-state index in [2.05, 4.69) is 19.2 Å². The Morgan fingerprint density at radius 2 is 2.10 bits per heavy atom. The van der Waals surface area contributed by atoms with Crippen LogP contribution >= 0.6 is 0 Å². The van der Waals surface area contributed by atoms with Gasteiger partial charge in [-0.1, -0.05) is 19.9 Å². The number of benzene rings is 1. The average Bonchev–Trinajstić information content (AvgIpc) is 2.91. The van der Waals surface area contributed by atoms with Gasteiger partial charge >= 0.3 is 0 Å². The maximum Gasteiger partial charge on any atom is 0.243 e. The van der Waals surface area contributed by atoms with Crippen molar-refractivity contribution in [2.45, 2.75) is 51.1 Å². The average molecular weight is 310 g/mol. The quantitative estimate of drug-likeness (QED) is 0.909. The smallest absolute Gasteiger partial charge is 0.243 e. The molecule has 1 heterocycles. The van der Waals surface area contributed by atoms with Crippen molar-refractivity contribution in [3.8, 4) is 0 Å². The van der Waals surface area contributed by atoms with Gasteiger partial charge in [0, 0.05) is 19.1 Å². The minimum atomic E-state index is -3.38. The zero-order valence-electron chi connectivity index (χ0n) is 13.4. The van der Waals surface area contributed by atoms with Crippen LogP contribution in [0.3, 0.4) is 0 Å². The third-order valence-corrected chi connectivity index (χ3v) is 6.23. The summed E-state index contributed by atoms with van der Waals surface area (Å²) in [7, 11) is -1.51. The van der Waals surface area contributed by atoms with Gasteiger partial charge in [0.2, 0.25) is 10.0 Å². The molecule has 0 spiro atoms. The van der Waals surface area contributed by atoms with Crippen molar-refractivity contribution in [1.82, 2.24) is 9.62 Å². The molecule has 5 heteroatoms. The van der Waals surface area contributed by atoms with E-state index in [4.69, 9.17) is 0 Å². The van der Waals surface area contributed by atoms with E-state index in [1.807, 2.05) is 26.1 Å². The normalized spacial score (nSPS) is 20.3. The molecule has 1 atom stereocenters. The van der Waals surface area contributed by atoms with Crippen LogP contribution in [0.1, 0.15) is 37.8 Å². The molecule has 0 aliphatic carbocycles. The number of hydrogen-bond acceptors (Lipinski definition) is 3. The van der Waals surface area contributed by atoms with Gasteiger partial charge in [-0.2, -0.15) is 4.31 Å². The van der Waals surface area contributed by atoms with Crippen LogP contribution in [0.15, 0.2) is 23.1 Å². The second kappa shape index (κ2) is 6.46. The lowest BCUT2D eigenvalue weighted by Crippen LogP contribution is -2.38. The molecular weight excluding hydrogens is 284 g/mol. The topological polar surface area (TPSA) is 49.4 Å². The molecule has 0 radical (unpaired) electrons. The van der Waals surface area contributed by atoms with Gasteiger partial charge in [0.25, 0.3) is 0 Å². The molecule has 118 valence electrons. The van der Waals surface area contributed by atoms with Gasteiger partial charge in [-0.15, -0.1) is 0 Å². The SMILES string of the molecule is CNCc1cc(S(=O)(=O)N2CCCC2C(C)C)ccc1C. The number of aryl methyl sites for hydroxylation is 1. The largest absolute Gasteiger partial charge is 0.316 e. The van der Waals surface area contributed by atoms with Crippen LogP contribution in [0, 0.1) is 12.8 Å². The maximum atomic E-state index is 12.9. The Balaban J connectivity index is 2.37. The molecule has 21 heavy (non-hydrogen) atoms. The van der Waals surface area contributed by atoms with Crippen molar-refractivity contribution < 1.29 is 8.42 Å². The maximum absolute atomic E-state index is 12.9. The van der Waals surface area contributed by atoms with Crippen molar-refractivity contribution in [1.29, 1.82) is 0 Å². The first-order valence-corrected chi connectivity index (χ1v) is 9.08. The fourth-order valence-electron chi connectivity index (χ4n) is 3.05. The second-order valence-electron chi connectivity index (χ2n) is 6.19. The Morgan fingerprint density at radius 3 is 2.71 bits per heavy atom. The zero-order valence-corrected chi connectivity index (χ0v) is 14.2. The summed E-state index contributed by atoms with van der Waals surface area (Å²) in [5, 5.41) is 3.09. The van der Waals surface area contributed by atoms with Crippen molar-refractivity contribution in [3.63, 3.8) is 0 Å². The van der Waals surface area contributed by atoms with E-state index < -0.39 is 10.0 Å². The van der Waals surface area contributed by atoms with Crippen LogP contribution < -0.4 is 5.32 Å². The molecule has 4 nitrogen and oxygen atoms in total. The predicted octanol–water partition coefficient (Wildman–Crippen LogP) is 2.52. The molecule has 1 aromatic rings. The van der Waals surface area contributed by atoms with Crippen LogP contribution in [-0.4, -0.2) is 32.4 Å². The number of rotatable bonds is 5. The van der Waals surface area contributed by atoms with Gasteiger partial charge in [0.1, 0.15) is 0 Å². The number of sulfonamides is 1. The Labute approximate surface area is 128 Å². The van der Waals surface area contributed by atoms with E-state index in [1.165, 1.54) is 0 Å². The van der Waals surface area contributed by atoms with Gasteiger partial charge in [-0.05, 0) is 56.0 Å². The molecule has 1 fully saturated rings. The predicted molar refractivity (Wildman–Crippen MR) is 85.7 cm³/mol. The first kappa shape index (κ1) is 16.5.